The van der Waals surface area contributed by atoms with Crippen molar-refractivity contribution in [1.29, 1.82) is 0 Å². The molecular weight excluding hydrogens is 826 g/mol. The molecule has 0 aliphatic heterocycles. The summed E-state index contributed by atoms with van der Waals surface area (Å²) < 4.78 is 15.0. The average Bonchev–Trinajstić information content (AvgIpc) is 3.89. The SMILES string of the molecule is CC(C)(C)c1ccccc1-n1cnc2c1nc1n(-c3ccccc3)c3ccc(Oc4[c-]c5c(cc4)c4ccccc4n5-c4ccccn4)[c-]c3n21.[Pt+2]. The zero-order valence-electron chi connectivity index (χ0n) is 28.6. The number of hydrogen-bond acceptors (Lipinski definition) is 4. The van der Waals surface area contributed by atoms with Crippen LogP contribution in [0.4, 0.5) is 0 Å². The number of hydrogen-bond donors (Lipinski definition) is 0. The van der Waals surface area contributed by atoms with Gasteiger partial charge in [0.25, 0.3) is 0 Å². The zero-order chi connectivity index (χ0) is 34.3. The van der Waals surface area contributed by atoms with Crippen molar-refractivity contribution < 1.29 is 25.8 Å². The molecule has 5 heterocycles. The maximum absolute atomic E-state index is 6.55. The van der Waals surface area contributed by atoms with Gasteiger partial charge in [-0.05, 0) is 63.8 Å². The summed E-state index contributed by atoms with van der Waals surface area (Å²) in [6.45, 7) is 6.68. The second-order valence-corrected chi connectivity index (χ2v) is 13.7. The molecule has 52 heavy (non-hydrogen) atoms. The molecule has 9 heteroatoms. The quantitative estimate of drug-likeness (QED) is 0.162. The minimum Gasteiger partial charge on any atom is -0.509 e. The maximum Gasteiger partial charge on any atom is 2.00 e. The first-order valence-corrected chi connectivity index (χ1v) is 17.0. The summed E-state index contributed by atoms with van der Waals surface area (Å²) >= 11 is 0. The molecule has 0 radical (unpaired) electrons. The van der Waals surface area contributed by atoms with Crippen LogP contribution in [0.3, 0.4) is 0 Å². The molecule has 0 fully saturated rings. The van der Waals surface area contributed by atoms with Gasteiger partial charge in [0, 0.05) is 28.9 Å². The predicted octanol–water partition coefficient (Wildman–Crippen LogP) is 9.80. The molecule has 10 aromatic rings. The van der Waals surface area contributed by atoms with Crippen molar-refractivity contribution in [3.8, 4) is 28.7 Å². The molecule has 0 aliphatic carbocycles. The fourth-order valence-corrected chi connectivity index (χ4v) is 7.27. The van der Waals surface area contributed by atoms with Crippen LogP contribution in [0.2, 0.25) is 0 Å². The van der Waals surface area contributed by atoms with Crippen LogP contribution in [-0.2, 0) is 26.5 Å². The van der Waals surface area contributed by atoms with E-state index in [0.717, 1.165) is 67.1 Å². The molecule has 10 rings (SSSR count). The van der Waals surface area contributed by atoms with Gasteiger partial charge in [0.2, 0.25) is 5.78 Å². The van der Waals surface area contributed by atoms with Gasteiger partial charge in [-0.2, -0.15) is 11.1 Å². The average molecular weight is 857 g/mol. The van der Waals surface area contributed by atoms with E-state index in [1.807, 2.05) is 67.1 Å². The molecule has 254 valence electrons. The third-order valence-electron chi connectivity index (χ3n) is 9.52. The molecule has 5 aromatic heterocycles. The van der Waals surface area contributed by atoms with Crippen molar-refractivity contribution in [2.75, 3.05) is 0 Å². The fraction of sp³-hybridized carbons (Fsp3) is 0.0930. The third-order valence-corrected chi connectivity index (χ3v) is 9.52. The van der Waals surface area contributed by atoms with Gasteiger partial charge < -0.3 is 13.9 Å². The Morgan fingerprint density at radius 2 is 1.35 bits per heavy atom. The summed E-state index contributed by atoms with van der Waals surface area (Å²) in [6.07, 6.45) is 3.67. The summed E-state index contributed by atoms with van der Waals surface area (Å²) in [7, 11) is 0. The molecular formula is C43H31N7OPt. The van der Waals surface area contributed by atoms with Gasteiger partial charge in [0.1, 0.15) is 12.1 Å². The molecule has 0 unspecified atom stereocenters. The Morgan fingerprint density at radius 1 is 0.615 bits per heavy atom. The number of ether oxygens (including phenoxy) is 1. The number of nitrogens with zero attached hydrogens (tertiary/aromatic N) is 7. The molecule has 0 saturated carbocycles. The molecule has 0 aliphatic rings. The third kappa shape index (κ3) is 4.89. The van der Waals surface area contributed by atoms with Crippen molar-refractivity contribution in [2.45, 2.75) is 26.2 Å². The van der Waals surface area contributed by atoms with Gasteiger partial charge in [-0.25, -0.2) is 9.97 Å². The largest absolute Gasteiger partial charge is 2.00 e. The first-order valence-electron chi connectivity index (χ1n) is 17.0. The molecule has 0 saturated heterocycles. The predicted molar refractivity (Wildman–Crippen MR) is 202 cm³/mol. The molecule has 0 spiro atoms. The number of fused-ring (bicyclic) bond motifs is 8. The van der Waals surface area contributed by atoms with Crippen LogP contribution >= 0.6 is 0 Å². The molecule has 0 N–H and O–H groups in total. The first-order chi connectivity index (χ1) is 24.9. The van der Waals surface area contributed by atoms with Gasteiger partial charge in [0.15, 0.2) is 11.3 Å². The summed E-state index contributed by atoms with van der Waals surface area (Å²) in [6, 6.07) is 48.2. The minimum atomic E-state index is -0.0651. The number of aromatic nitrogens is 7. The van der Waals surface area contributed by atoms with E-state index in [2.05, 4.69) is 123 Å². The summed E-state index contributed by atoms with van der Waals surface area (Å²) in [5.74, 6) is 2.71. The van der Waals surface area contributed by atoms with Crippen LogP contribution < -0.4 is 4.74 Å². The van der Waals surface area contributed by atoms with E-state index >= 15 is 0 Å². The monoisotopic (exact) mass is 856 g/mol. The Morgan fingerprint density at radius 3 is 2.15 bits per heavy atom. The van der Waals surface area contributed by atoms with Crippen molar-refractivity contribution in [2.24, 2.45) is 0 Å². The van der Waals surface area contributed by atoms with Gasteiger partial charge in [-0.1, -0.05) is 87.0 Å². The minimum absolute atomic E-state index is 0. The summed E-state index contributed by atoms with van der Waals surface area (Å²) in [4.78, 5) is 14.9. The van der Waals surface area contributed by atoms with E-state index in [1.54, 1.807) is 0 Å². The van der Waals surface area contributed by atoms with E-state index in [0.29, 0.717) is 11.5 Å². The van der Waals surface area contributed by atoms with Gasteiger partial charge in [0.05, 0.1) is 5.69 Å². The Kier molecular flexibility index (Phi) is 7.42. The molecule has 8 nitrogen and oxygen atoms in total. The van der Waals surface area contributed by atoms with Crippen LogP contribution in [-0.4, -0.2) is 33.1 Å². The smallest absolute Gasteiger partial charge is 0.509 e. The molecule has 0 atom stereocenters. The normalized spacial score (nSPS) is 12.0. The number of rotatable bonds is 5. The summed E-state index contributed by atoms with van der Waals surface area (Å²) in [5.41, 5.74) is 8.43. The number of pyridine rings is 1. The molecule has 0 bridgehead atoms. The van der Waals surface area contributed by atoms with Gasteiger partial charge in [-0.3, -0.25) is 8.97 Å². The number of imidazole rings is 3. The van der Waals surface area contributed by atoms with Crippen molar-refractivity contribution >= 4 is 49.9 Å². The molecule has 5 aromatic carbocycles. The zero-order valence-corrected chi connectivity index (χ0v) is 30.8. The number of para-hydroxylation sites is 3. The first kappa shape index (κ1) is 32.0. The van der Waals surface area contributed by atoms with E-state index < -0.39 is 0 Å². The van der Waals surface area contributed by atoms with Crippen LogP contribution in [0.15, 0.2) is 134 Å². The molecule has 0 amide bonds. The number of benzene rings is 5. The topological polar surface area (TPSA) is 67.1 Å². The van der Waals surface area contributed by atoms with Crippen molar-refractivity contribution in [3.05, 3.63) is 152 Å². The second-order valence-electron chi connectivity index (χ2n) is 13.7. The maximum atomic E-state index is 6.55. The standard InChI is InChI=1S/C43H31N7O.Pt/c1-43(2,3)33-16-8-10-18-35(33)47-27-45-40-41(47)46-42-48(28-13-5-4-6-14-28)36-23-21-30(26-38(36)50(40)42)51-29-20-22-32-31-15-7-9-17-34(31)49(37(32)25-29)39-19-11-12-24-44-39;/h4-24,27H,1-3H3;/q-2;+2. The van der Waals surface area contributed by atoms with E-state index in [9.17, 15) is 0 Å². The Hall–Kier alpha value is -5.98. The Bertz CT molecular complexity index is 2930. The van der Waals surface area contributed by atoms with E-state index in [-0.39, 0.29) is 26.5 Å². The second kappa shape index (κ2) is 12.1. The van der Waals surface area contributed by atoms with Crippen molar-refractivity contribution in [3.63, 3.8) is 0 Å². The van der Waals surface area contributed by atoms with E-state index in [4.69, 9.17) is 14.7 Å². The van der Waals surface area contributed by atoms with E-state index in [1.165, 1.54) is 5.56 Å². The van der Waals surface area contributed by atoms with Gasteiger partial charge in [-0.15, -0.1) is 35.7 Å². The van der Waals surface area contributed by atoms with Crippen LogP contribution in [0, 0.1) is 12.1 Å². The van der Waals surface area contributed by atoms with Crippen LogP contribution in [0.25, 0.3) is 67.1 Å². The van der Waals surface area contributed by atoms with Gasteiger partial charge >= 0.3 is 21.1 Å². The van der Waals surface area contributed by atoms with Crippen molar-refractivity contribution in [1.82, 2.24) is 33.1 Å². The van der Waals surface area contributed by atoms with Crippen LogP contribution in [0.5, 0.6) is 11.5 Å². The fourth-order valence-electron chi connectivity index (χ4n) is 7.27. The van der Waals surface area contributed by atoms with Crippen LogP contribution in [0.1, 0.15) is 26.3 Å². The summed E-state index contributed by atoms with van der Waals surface area (Å²) in [5, 5.41) is 2.21. The Balaban J connectivity index is 0.00000360. The Labute approximate surface area is 313 Å².